The molecule has 1 heterocycles. The van der Waals surface area contributed by atoms with Crippen molar-refractivity contribution >= 4 is 17.5 Å². The first-order chi connectivity index (χ1) is 9.58. The number of halogens is 1. The number of pyridine rings is 1. The average Bonchev–Trinajstić information content (AvgIpc) is 2.45. The minimum atomic E-state index is -0.105. The van der Waals surface area contributed by atoms with E-state index in [1.165, 1.54) is 0 Å². The molecule has 2 rings (SSSR count). The van der Waals surface area contributed by atoms with Gasteiger partial charge in [0.2, 0.25) is 0 Å². The van der Waals surface area contributed by atoms with E-state index in [1.54, 1.807) is 23.1 Å². The van der Waals surface area contributed by atoms with Gasteiger partial charge in [-0.1, -0.05) is 48.0 Å². The SMILES string of the molecule is CC(C)N(Cc1ccccc1)C(=O)c1cccc(Cl)n1. The monoisotopic (exact) mass is 288 g/mol. The van der Waals surface area contributed by atoms with Gasteiger partial charge in [-0.15, -0.1) is 0 Å². The van der Waals surface area contributed by atoms with Crippen LogP contribution in [-0.2, 0) is 6.54 Å². The molecule has 4 heteroatoms. The lowest BCUT2D eigenvalue weighted by atomic mass is 10.1. The Morgan fingerprint density at radius 3 is 2.45 bits per heavy atom. The molecule has 1 aromatic heterocycles. The first kappa shape index (κ1) is 14.5. The Morgan fingerprint density at radius 1 is 1.15 bits per heavy atom. The molecule has 0 bridgehead atoms. The minimum Gasteiger partial charge on any atom is -0.331 e. The maximum atomic E-state index is 12.5. The van der Waals surface area contributed by atoms with Crippen molar-refractivity contribution in [1.82, 2.24) is 9.88 Å². The van der Waals surface area contributed by atoms with Crippen molar-refractivity contribution in [3.63, 3.8) is 0 Å². The highest BCUT2D eigenvalue weighted by Crippen LogP contribution is 2.13. The van der Waals surface area contributed by atoms with E-state index >= 15 is 0 Å². The molecule has 0 fully saturated rings. The lowest BCUT2D eigenvalue weighted by Crippen LogP contribution is -2.36. The molecule has 0 unspecified atom stereocenters. The summed E-state index contributed by atoms with van der Waals surface area (Å²) in [5.41, 5.74) is 1.47. The molecule has 0 spiro atoms. The maximum Gasteiger partial charge on any atom is 0.273 e. The zero-order chi connectivity index (χ0) is 14.5. The average molecular weight is 289 g/mol. The van der Waals surface area contributed by atoms with E-state index in [1.807, 2.05) is 44.2 Å². The maximum absolute atomic E-state index is 12.5. The summed E-state index contributed by atoms with van der Waals surface area (Å²) in [6.45, 7) is 4.54. The summed E-state index contributed by atoms with van der Waals surface area (Å²) < 4.78 is 0. The van der Waals surface area contributed by atoms with Gasteiger partial charge in [-0.2, -0.15) is 0 Å². The number of benzene rings is 1. The van der Waals surface area contributed by atoms with Crippen LogP contribution in [0.15, 0.2) is 48.5 Å². The van der Waals surface area contributed by atoms with Crippen molar-refractivity contribution in [2.24, 2.45) is 0 Å². The Bertz CT molecular complexity index is 584. The Balaban J connectivity index is 2.23. The lowest BCUT2D eigenvalue weighted by molar-refractivity contribution is 0.0684. The molecule has 20 heavy (non-hydrogen) atoms. The van der Waals surface area contributed by atoms with Gasteiger partial charge in [0.25, 0.3) is 5.91 Å². The third-order valence-electron chi connectivity index (χ3n) is 3.01. The van der Waals surface area contributed by atoms with Crippen LogP contribution in [0.25, 0.3) is 0 Å². The quantitative estimate of drug-likeness (QED) is 0.802. The smallest absolute Gasteiger partial charge is 0.273 e. The molecule has 1 aromatic carbocycles. The van der Waals surface area contributed by atoms with E-state index in [4.69, 9.17) is 11.6 Å². The zero-order valence-corrected chi connectivity index (χ0v) is 12.3. The van der Waals surface area contributed by atoms with E-state index in [2.05, 4.69) is 4.98 Å². The van der Waals surface area contributed by atoms with Crippen molar-refractivity contribution in [2.75, 3.05) is 0 Å². The summed E-state index contributed by atoms with van der Waals surface area (Å²) >= 11 is 5.85. The Kier molecular flexibility index (Phi) is 4.74. The molecule has 0 aliphatic heterocycles. The predicted octanol–water partition coefficient (Wildman–Crippen LogP) is 3.79. The van der Waals surface area contributed by atoms with E-state index in [-0.39, 0.29) is 11.9 Å². The molecule has 1 amide bonds. The number of amides is 1. The number of carbonyl (C=O) groups is 1. The summed E-state index contributed by atoms with van der Waals surface area (Å²) in [6.07, 6.45) is 0. The summed E-state index contributed by atoms with van der Waals surface area (Å²) in [7, 11) is 0. The highest BCUT2D eigenvalue weighted by Gasteiger charge is 2.20. The number of nitrogens with zero attached hydrogens (tertiary/aromatic N) is 2. The fourth-order valence-corrected chi connectivity index (χ4v) is 2.11. The molecule has 0 saturated heterocycles. The van der Waals surface area contributed by atoms with Crippen molar-refractivity contribution < 1.29 is 4.79 Å². The van der Waals surface area contributed by atoms with Crippen LogP contribution >= 0.6 is 11.6 Å². The lowest BCUT2D eigenvalue weighted by Gasteiger charge is -2.26. The van der Waals surface area contributed by atoms with Crippen LogP contribution in [0.1, 0.15) is 29.9 Å². The van der Waals surface area contributed by atoms with Gasteiger partial charge in [-0.05, 0) is 31.5 Å². The Morgan fingerprint density at radius 2 is 1.85 bits per heavy atom. The molecule has 0 aliphatic rings. The molecule has 104 valence electrons. The molecular weight excluding hydrogens is 272 g/mol. The molecule has 0 atom stereocenters. The van der Waals surface area contributed by atoms with E-state index in [0.29, 0.717) is 17.4 Å². The molecule has 0 saturated carbocycles. The summed E-state index contributed by atoms with van der Waals surface area (Å²) in [5, 5.41) is 0.333. The normalized spacial score (nSPS) is 10.6. The standard InChI is InChI=1S/C16H17ClN2O/c1-12(2)19(11-13-7-4-3-5-8-13)16(20)14-9-6-10-15(17)18-14/h3-10,12H,11H2,1-2H3. The minimum absolute atomic E-state index is 0.0866. The number of hydrogen-bond acceptors (Lipinski definition) is 2. The van der Waals surface area contributed by atoms with Gasteiger partial charge >= 0.3 is 0 Å². The largest absolute Gasteiger partial charge is 0.331 e. The van der Waals surface area contributed by atoms with Crippen LogP contribution in [0.5, 0.6) is 0 Å². The van der Waals surface area contributed by atoms with Gasteiger partial charge in [-0.3, -0.25) is 4.79 Å². The highest BCUT2D eigenvalue weighted by molar-refractivity contribution is 6.29. The summed E-state index contributed by atoms with van der Waals surface area (Å²) in [6, 6.07) is 15.1. The molecule has 0 aliphatic carbocycles. The second kappa shape index (κ2) is 6.53. The van der Waals surface area contributed by atoms with Crippen LogP contribution < -0.4 is 0 Å². The molecule has 2 aromatic rings. The highest BCUT2D eigenvalue weighted by atomic mass is 35.5. The topological polar surface area (TPSA) is 33.2 Å². The van der Waals surface area contributed by atoms with Gasteiger partial charge in [0, 0.05) is 12.6 Å². The van der Waals surface area contributed by atoms with Gasteiger partial charge in [-0.25, -0.2) is 4.98 Å². The fraction of sp³-hybridized carbons (Fsp3) is 0.250. The van der Waals surface area contributed by atoms with Crippen LogP contribution in [0, 0.1) is 0 Å². The van der Waals surface area contributed by atoms with Crippen molar-refractivity contribution in [3.05, 3.63) is 64.9 Å². The molecular formula is C16H17ClN2O. The van der Waals surface area contributed by atoms with Gasteiger partial charge in [0.15, 0.2) is 0 Å². The Hall–Kier alpha value is -1.87. The van der Waals surface area contributed by atoms with Crippen molar-refractivity contribution in [1.29, 1.82) is 0 Å². The molecule has 0 radical (unpaired) electrons. The van der Waals surface area contributed by atoms with E-state index < -0.39 is 0 Å². The summed E-state index contributed by atoms with van der Waals surface area (Å²) in [5.74, 6) is -0.105. The number of hydrogen-bond donors (Lipinski definition) is 0. The number of carbonyl (C=O) groups excluding carboxylic acids is 1. The van der Waals surface area contributed by atoms with Crippen molar-refractivity contribution in [3.8, 4) is 0 Å². The van der Waals surface area contributed by atoms with Crippen LogP contribution in [0.3, 0.4) is 0 Å². The van der Waals surface area contributed by atoms with Crippen LogP contribution in [-0.4, -0.2) is 21.8 Å². The summed E-state index contributed by atoms with van der Waals surface area (Å²) in [4.78, 5) is 18.4. The van der Waals surface area contributed by atoms with Gasteiger partial charge < -0.3 is 4.90 Å². The third kappa shape index (κ3) is 3.58. The predicted molar refractivity (Wildman–Crippen MR) is 80.7 cm³/mol. The van der Waals surface area contributed by atoms with E-state index in [0.717, 1.165) is 5.56 Å². The number of aromatic nitrogens is 1. The fourth-order valence-electron chi connectivity index (χ4n) is 1.94. The number of rotatable bonds is 4. The first-order valence-electron chi connectivity index (χ1n) is 6.55. The van der Waals surface area contributed by atoms with Crippen LogP contribution in [0.2, 0.25) is 5.15 Å². The second-order valence-electron chi connectivity index (χ2n) is 4.86. The van der Waals surface area contributed by atoms with Gasteiger partial charge in [0.05, 0.1) is 0 Å². The van der Waals surface area contributed by atoms with Crippen LogP contribution in [0.4, 0.5) is 0 Å². The molecule has 3 nitrogen and oxygen atoms in total. The second-order valence-corrected chi connectivity index (χ2v) is 5.25. The first-order valence-corrected chi connectivity index (χ1v) is 6.93. The Labute approximate surface area is 124 Å². The molecule has 0 N–H and O–H groups in total. The van der Waals surface area contributed by atoms with Gasteiger partial charge in [0.1, 0.15) is 10.8 Å². The third-order valence-corrected chi connectivity index (χ3v) is 3.22. The zero-order valence-electron chi connectivity index (χ0n) is 11.6. The van der Waals surface area contributed by atoms with Crippen molar-refractivity contribution in [2.45, 2.75) is 26.4 Å². The van der Waals surface area contributed by atoms with E-state index in [9.17, 15) is 4.79 Å².